The number of benzene rings is 2. The van der Waals surface area contributed by atoms with Gasteiger partial charge in [-0.25, -0.2) is 0 Å². The van der Waals surface area contributed by atoms with Gasteiger partial charge in [-0.05, 0) is 92.7 Å². The summed E-state index contributed by atoms with van der Waals surface area (Å²) < 4.78 is 12.5. The van der Waals surface area contributed by atoms with E-state index in [0.717, 1.165) is 56.3 Å². The normalized spacial score (nSPS) is 22.6. The van der Waals surface area contributed by atoms with Crippen molar-refractivity contribution >= 4 is 11.8 Å². The summed E-state index contributed by atoms with van der Waals surface area (Å²) >= 11 is 0. The average Bonchev–Trinajstić information content (AvgIpc) is 2.96. The van der Waals surface area contributed by atoms with E-state index in [1.807, 2.05) is 28.0 Å². The van der Waals surface area contributed by atoms with Gasteiger partial charge in [0, 0.05) is 18.7 Å². The Labute approximate surface area is 227 Å². The van der Waals surface area contributed by atoms with E-state index in [9.17, 15) is 9.59 Å². The highest BCUT2D eigenvalue weighted by Crippen LogP contribution is 2.31. The Balaban J connectivity index is 1.38. The Bertz CT molecular complexity index is 1130. The first-order chi connectivity index (χ1) is 18.6. The summed E-state index contributed by atoms with van der Waals surface area (Å²) in [6, 6.07) is 14.4. The highest BCUT2D eigenvalue weighted by atomic mass is 16.5. The topological polar surface area (TPSA) is 59.1 Å². The van der Waals surface area contributed by atoms with Crippen LogP contribution in [0, 0.1) is 0 Å². The second-order valence-electron chi connectivity index (χ2n) is 11.1. The number of amides is 2. The summed E-state index contributed by atoms with van der Waals surface area (Å²) in [7, 11) is 0. The zero-order valence-electron chi connectivity index (χ0n) is 22.9. The summed E-state index contributed by atoms with van der Waals surface area (Å²) in [5, 5.41) is 0. The largest absolute Gasteiger partial charge is 0.491 e. The molecule has 2 aromatic carbocycles. The molecule has 2 amide bonds. The lowest BCUT2D eigenvalue weighted by Gasteiger charge is -2.44. The Morgan fingerprint density at radius 3 is 2.58 bits per heavy atom. The minimum atomic E-state index is -1.01. The second kappa shape index (κ2) is 12.3. The molecule has 0 N–H and O–H groups in total. The van der Waals surface area contributed by atoms with E-state index in [-0.39, 0.29) is 11.8 Å². The van der Waals surface area contributed by atoms with E-state index in [1.54, 1.807) is 0 Å². The Morgan fingerprint density at radius 1 is 0.921 bits per heavy atom. The molecule has 2 heterocycles. The molecule has 1 atom stereocenters. The summed E-state index contributed by atoms with van der Waals surface area (Å²) in [5.41, 5.74) is 3.61. The fourth-order valence-electron chi connectivity index (χ4n) is 6.19. The number of aryl methyl sites for hydroxylation is 3. The molecule has 1 aliphatic carbocycles. The predicted octanol–water partition coefficient (Wildman–Crippen LogP) is 5.21. The van der Waals surface area contributed by atoms with Crippen LogP contribution in [0.4, 0.5) is 0 Å². The van der Waals surface area contributed by atoms with E-state index in [4.69, 9.17) is 9.47 Å². The van der Waals surface area contributed by atoms with Crippen LogP contribution in [0.15, 0.2) is 42.5 Å². The van der Waals surface area contributed by atoms with E-state index in [0.29, 0.717) is 45.8 Å². The van der Waals surface area contributed by atoms with Crippen molar-refractivity contribution in [3.8, 4) is 5.75 Å². The fourth-order valence-corrected chi connectivity index (χ4v) is 6.19. The number of fused-ring (bicyclic) bond motifs is 2. The van der Waals surface area contributed by atoms with Gasteiger partial charge in [0.1, 0.15) is 12.4 Å². The van der Waals surface area contributed by atoms with Crippen molar-refractivity contribution in [1.82, 2.24) is 9.80 Å². The molecule has 1 fully saturated rings. The number of ether oxygens (including phenoxy) is 2. The maximum Gasteiger partial charge on any atom is 0.256 e. The third kappa shape index (κ3) is 5.90. The molecule has 1 saturated heterocycles. The number of hydrogen-bond donors (Lipinski definition) is 0. The van der Waals surface area contributed by atoms with Crippen LogP contribution >= 0.6 is 0 Å². The molecule has 0 bridgehead atoms. The molecule has 0 saturated carbocycles. The predicted molar refractivity (Wildman–Crippen MR) is 149 cm³/mol. The zero-order chi connectivity index (χ0) is 26.4. The summed E-state index contributed by atoms with van der Waals surface area (Å²) in [6.07, 6.45) is 9.78. The van der Waals surface area contributed by atoms with E-state index in [2.05, 4.69) is 31.2 Å². The molecule has 0 radical (unpaired) electrons. The molecule has 6 nitrogen and oxygen atoms in total. The van der Waals surface area contributed by atoms with Crippen LogP contribution in [0.2, 0.25) is 0 Å². The van der Waals surface area contributed by atoms with Crippen LogP contribution in [-0.2, 0) is 28.8 Å². The molecule has 6 heteroatoms. The number of unbranched alkanes of at least 4 members (excludes halogenated alkanes) is 1. The number of morpholine rings is 1. The van der Waals surface area contributed by atoms with Gasteiger partial charge < -0.3 is 19.3 Å². The number of nitrogens with zero attached hydrogens (tertiary/aromatic N) is 2. The molecule has 38 heavy (non-hydrogen) atoms. The third-order valence-electron chi connectivity index (χ3n) is 8.40. The van der Waals surface area contributed by atoms with Gasteiger partial charge in [0.15, 0.2) is 5.60 Å². The maximum atomic E-state index is 14.2. The van der Waals surface area contributed by atoms with Crippen molar-refractivity contribution in [3.05, 3.63) is 64.7 Å². The van der Waals surface area contributed by atoms with Gasteiger partial charge in [0.2, 0.25) is 0 Å². The van der Waals surface area contributed by atoms with Crippen LogP contribution in [0.1, 0.15) is 78.9 Å². The van der Waals surface area contributed by atoms with Crippen LogP contribution in [0.5, 0.6) is 5.75 Å². The first-order valence-corrected chi connectivity index (χ1v) is 14.6. The van der Waals surface area contributed by atoms with Crippen LogP contribution in [0.3, 0.4) is 0 Å². The van der Waals surface area contributed by atoms with Crippen LogP contribution < -0.4 is 4.74 Å². The molecule has 2 aromatic rings. The molecular weight excluding hydrogens is 476 g/mol. The van der Waals surface area contributed by atoms with E-state index in [1.165, 1.54) is 29.5 Å². The second-order valence-corrected chi connectivity index (χ2v) is 11.1. The van der Waals surface area contributed by atoms with Gasteiger partial charge in [-0.1, -0.05) is 37.6 Å². The van der Waals surface area contributed by atoms with Gasteiger partial charge in [0.25, 0.3) is 11.8 Å². The molecule has 1 unspecified atom stereocenters. The van der Waals surface area contributed by atoms with Crippen molar-refractivity contribution in [2.75, 3.05) is 39.4 Å². The van der Waals surface area contributed by atoms with Crippen molar-refractivity contribution in [2.45, 2.75) is 76.7 Å². The Morgan fingerprint density at radius 2 is 1.71 bits per heavy atom. The minimum absolute atomic E-state index is 0.00588. The molecule has 2 aliphatic heterocycles. The highest BCUT2D eigenvalue weighted by molar-refractivity contribution is 5.95. The average molecular weight is 519 g/mol. The highest BCUT2D eigenvalue weighted by Gasteiger charge is 2.46. The molecule has 1 spiro atoms. The molecule has 3 aliphatic rings. The zero-order valence-corrected chi connectivity index (χ0v) is 22.9. The number of carbonyl (C=O) groups excluding carboxylic acids is 2. The fraction of sp³-hybridized carbons (Fsp3) is 0.562. The molecule has 0 aromatic heterocycles. The lowest BCUT2D eigenvalue weighted by Crippen LogP contribution is -2.62. The van der Waals surface area contributed by atoms with Crippen molar-refractivity contribution in [1.29, 1.82) is 0 Å². The third-order valence-corrected chi connectivity index (χ3v) is 8.40. The number of carbonyl (C=O) groups is 2. The summed E-state index contributed by atoms with van der Waals surface area (Å²) in [6.45, 7) is 4.96. The number of hydrogen-bond acceptors (Lipinski definition) is 4. The van der Waals surface area contributed by atoms with Gasteiger partial charge in [0.05, 0.1) is 19.7 Å². The van der Waals surface area contributed by atoms with Crippen LogP contribution in [0.25, 0.3) is 0 Å². The Hall–Kier alpha value is -2.86. The first-order valence-electron chi connectivity index (χ1n) is 14.6. The van der Waals surface area contributed by atoms with Gasteiger partial charge >= 0.3 is 0 Å². The van der Waals surface area contributed by atoms with Crippen LogP contribution in [-0.4, -0.2) is 66.6 Å². The number of rotatable bonds is 4. The summed E-state index contributed by atoms with van der Waals surface area (Å²) in [5.74, 6) is 0.935. The first kappa shape index (κ1) is 26.7. The quantitative estimate of drug-likeness (QED) is 0.558. The number of para-hydroxylation sites is 1. The van der Waals surface area contributed by atoms with Gasteiger partial charge in [-0.15, -0.1) is 0 Å². The van der Waals surface area contributed by atoms with Crippen molar-refractivity contribution in [3.63, 3.8) is 0 Å². The van der Waals surface area contributed by atoms with Gasteiger partial charge in [-0.2, -0.15) is 0 Å². The lowest BCUT2D eigenvalue weighted by molar-refractivity contribution is -0.170. The smallest absolute Gasteiger partial charge is 0.256 e. The Kier molecular flexibility index (Phi) is 8.68. The molecule has 5 rings (SSSR count). The van der Waals surface area contributed by atoms with Crippen molar-refractivity contribution < 1.29 is 19.1 Å². The molecule has 204 valence electrons. The van der Waals surface area contributed by atoms with Crippen molar-refractivity contribution in [2.24, 2.45) is 0 Å². The standard InChI is InChI=1S/C32H42N2O4/c1-2-3-18-33-19-21-37-29-14-7-6-11-26(29)12-8-9-17-32(31(33)36)24-34(20-22-38-32)30(35)28-16-15-25-10-4-5-13-27(25)23-28/h6-7,11,14-16,23H,2-5,8-10,12-13,17-22,24H2,1H3. The monoisotopic (exact) mass is 518 g/mol. The van der Waals surface area contributed by atoms with E-state index >= 15 is 0 Å². The van der Waals surface area contributed by atoms with Gasteiger partial charge in [-0.3, -0.25) is 9.59 Å². The minimum Gasteiger partial charge on any atom is -0.491 e. The SMILES string of the molecule is CCCCN1CCOc2ccccc2CCCCC2(CN(C(=O)c3ccc4c(c3)CCCC4)CCO2)C1=O. The summed E-state index contributed by atoms with van der Waals surface area (Å²) in [4.78, 5) is 31.7. The van der Waals surface area contributed by atoms with E-state index < -0.39 is 5.60 Å². The maximum absolute atomic E-state index is 14.2. The lowest BCUT2D eigenvalue weighted by atomic mass is 9.89. The molecular formula is C32H42N2O4.